The van der Waals surface area contributed by atoms with Gasteiger partial charge in [-0.1, -0.05) is 60.7 Å². The Kier molecular flexibility index (Phi) is 5.51. The van der Waals surface area contributed by atoms with Crippen molar-refractivity contribution in [1.29, 1.82) is 0 Å². The molecule has 1 aliphatic heterocycles. The van der Waals surface area contributed by atoms with Crippen LogP contribution in [-0.4, -0.2) is 35.0 Å². The van der Waals surface area contributed by atoms with Gasteiger partial charge in [0.2, 0.25) is 0 Å². The number of rotatable bonds is 5. The summed E-state index contributed by atoms with van der Waals surface area (Å²) in [5.41, 5.74) is 0.387. The van der Waals surface area contributed by atoms with Crippen LogP contribution in [0.15, 0.2) is 60.7 Å². The number of carbonyl (C=O) groups excluding carboxylic acids is 1. The molecule has 132 valence electrons. The molecule has 1 fully saturated rings. The van der Waals surface area contributed by atoms with Gasteiger partial charge in [0.15, 0.2) is 5.60 Å². The summed E-state index contributed by atoms with van der Waals surface area (Å²) < 4.78 is 0. The predicted molar refractivity (Wildman–Crippen MR) is 98.9 cm³/mol. The van der Waals surface area contributed by atoms with E-state index in [-0.39, 0.29) is 11.9 Å². The van der Waals surface area contributed by atoms with Gasteiger partial charge in [0.25, 0.3) is 5.91 Å². The highest BCUT2D eigenvalue weighted by Crippen LogP contribution is 2.21. The van der Waals surface area contributed by atoms with Crippen LogP contribution in [0.4, 0.5) is 0 Å². The molecule has 4 heteroatoms. The minimum absolute atomic E-state index is 0.0696. The first kappa shape index (κ1) is 17.6. The summed E-state index contributed by atoms with van der Waals surface area (Å²) in [6, 6.07) is 19.5. The molecule has 2 N–H and O–H groups in total. The Labute approximate surface area is 149 Å². The van der Waals surface area contributed by atoms with E-state index in [2.05, 4.69) is 34.5 Å². The number of aliphatic hydroxyl groups is 1. The van der Waals surface area contributed by atoms with Crippen LogP contribution in [0.2, 0.25) is 0 Å². The molecule has 0 saturated carbocycles. The average Bonchev–Trinajstić information content (AvgIpc) is 2.63. The second-order valence-corrected chi connectivity index (χ2v) is 6.97. The maximum atomic E-state index is 12.6. The zero-order valence-corrected chi connectivity index (χ0v) is 14.7. The Morgan fingerprint density at radius 2 is 1.80 bits per heavy atom. The molecular weight excluding hydrogens is 312 g/mol. The lowest BCUT2D eigenvalue weighted by Gasteiger charge is -2.35. The van der Waals surface area contributed by atoms with Crippen LogP contribution in [0.1, 0.15) is 30.9 Å². The molecular formula is C21H26N2O2. The number of hydrogen-bond acceptors (Lipinski definition) is 3. The van der Waals surface area contributed by atoms with E-state index in [1.54, 1.807) is 19.1 Å². The number of likely N-dealkylation sites (tertiary alicyclic amines) is 1. The van der Waals surface area contributed by atoms with Crippen molar-refractivity contribution in [1.82, 2.24) is 10.2 Å². The van der Waals surface area contributed by atoms with E-state index < -0.39 is 5.60 Å². The summed E-state index contributed by atoms with van der Waals surface area (Å²) in [6.45, 7) is 4.30. The summed E-state index contributed by atoms with van der Waals surface area (Å²) in [5, 5.41) is 13.7. The Bertz CT molecular complexity index is 686. The van der Waals surface area contributed by atoms with E-state index in [0.29, 0.717) is 5.56 Å². The van der Waals surface area contributed by atoms with Crippen LogP contribution in [0, 0.1) is 0 Å². The normalized spacial score (nSPS) is 20.6. The highest BCUT2D eigenvalue weighted by Gasteiger charge is 2.34. The van der Waals surface area contributed by atoms with Crippen LogP contribution >= 0.6 is 0 Å². The second kappa shape index (κ2) is 7.81. The summed E-state index contributed by atoms with van der Waals surface area (Å²) >= 11 is 0. The summed E-state index contributed by atoms with van der Waals surface area (Å²) in [5.74, 6) is -0.328. The molecule has 2 aromatic rings. The zero-order chi connectivity index (χ0) is 17.7. The van der Waals surface area contributed by atoms with Gasteiger partial charge in [-0.25, -0.2) is 0 Å². The lowest BCUT2D eigenvalue weighted by Crippen LogP contribution is -2.52. The molecule has 25 heavy (non-hydrogen) atoms. The lowest BCUT2D eigenvalue weighted by molar-refractivity contribution is -0.140. The number of piperidine rings is 1. The maximum Gasteiger partial charge on any atom is 0.256 e. The molecule has 0 aromatic heterocycles. The van der Waals surface area contributed by atoms with E-state index in [1.807, 2.05) is 24.3 Å². The van der Waals surface area contributed by atoms with Gasteiger partial charge in [-0.05, 0) is 37.4 Å². The van der Waals surface area contributed by atoms with Gasteiger partial charge in [-0.15, -0.1) is 0 Å². The molecule has 2 unspecified atom stereocenters. The molecule has 1 aliphatic rings. The average molecular weight is 338 g/mol. The first-order valence-corrected chi connectivity index (χ1v) is 8.91. The number of nitrogens with one attached hydrogen (secondary N) is 1. The minimum atomic E-state index is -1.51. The van der Waals surface area contributed by atoms with Crippen LogP contribution < -0.4 is 5.32 Å². The number of amides is 1. The fraction of sp³-hybridized carbons (Fsp3) is 0.381. The fourth-order valence-electron chi connectivity index (χ4n) is 3.38. The third kappa shape index (κ3) is 4.47. The molecule has 3 rings (SSSR count). The maximum absolute atomic E-state index is 12.6. The van der Waals surface area contributed by atoms with Gasteiger partial charge in [0, 0.05) is 19.1 Å². The monoisotopic (exact) mass is 338 g/mol. The molecule has 4 nitrogen and oxygen atoms in total. The van der Waals surface area contributed by atoms with Gasteiger partial charge >= 0.3 is 0 Å². The molecule has 1 heterocycles. The van der Waals surface area contributed by atoms with Crippen molar-refractivity contribution in [2.45, 2.75) is 38.0 Å². The number of nitrogens with zero attached hydrogens (tertiary/aromatic N) is 1. The quantitative estimate of drug-likeness (QED) is 0.881. The molecule has 1 amide bonds. The van der Waals surface area contributed by atoms with Crippen LogP contribution in [0.5, 0.6) is 0 Å². The standard InChI is InChI=1S/C21H26N2O2/c1-21(25,18-11-6-3-7-12-18)20(24)22-19-13-8-14-23(16-19)15-17-9-4-2-5-10-17/h2-7,9-12,19,25H,8,13-16H2,1H3,(H,22,24). The number of carbonyl (C=O) groups is 1. The van der Waals surface area contributed by atoms with Gasteiger partial charge in [-0.3, -0.25) is 9.69 Å². The molecule has 1 saturated heterocycles. The highest BCUT2D eigenvalue weighted by atomic mass is 16.3. The number of benzene rings is 2. The second-order valence-electron chi connectivity index (χ2n) is 6.97. The van der Waals surface area contributed by atoms with Crippen molar-refractivity contribution in [2.75, 3.05) is 13.1 Å². The Morgan fingerprint density at radius 3 is 2.48 bits per heavy atom. The van der Waals surface area contributed by atoms with Crippen molar-refractivity contribution < 1.29 is 9.90 Å². The first-order chi connectivity index (χ1) is 12.1. The molecule has 2 atom stereocenters. The third-order valence-electron chi connectivity index (χ3n) is 4.87. The SMILES string of the molecule is CC(O)(C(=O)NC1CCCN(Cc2ccccc2)C1)c1ccccc1. The van der Waals surface area contributed by atoms with Gasteiger partial charge in [-0.2, -0.15) is 0 Å². The van der Waals surface area contributed by atoms with Crippen molar-refractivity contribution in [3.05, 3.63) is 71.8 Å². The van der Waals surface area contributed by atoms with Crippen LogP contribution in [0.25, 0.3) is 0 Å². The topological polar surface area (TPSA) is 52.6 Å². The van der Waals surface area contributed by atoms with Gasteiger partial charge < -0.3 is 10.4 Å². The molecule has 0 radical (unpaired) electrons. The Morgan fingerprint density at radius 1 is 1.16 bits per heavy atom. The predicted octanol–water partition coefficient (Wildman–Crippen LogP) is 2.67. The largest absolute Gasteiger partial charge is 0.376 e. The summed E-state index contributed by atoms with van der Waals surface area (Å²) in [7, 11) is 0. The lowest BCUT2D eigenvalue weighted by atomic mass is 9.94. The first-order valence-electron chi connectivity index (χ1n) is 8.91. The van der Waals surface area contributed by atoms with E-state index in [1.165, 1.54) is 5.56 Å². The van der Waals surface area contributed by atoms with E-state index in [4.69, 9.17) is 0 Å². The smallest absolute Gasteiger partial charge is 0.256 e. The van der Waals surface area contributed by atoms with Crippen molar-refractivity contribution in [2.24, 2.45) is 0 Å². The van der Waals surface area contributed by atoms with E-state index in [0.717, 1.165) is 32.5 Å². The summed E-state index contributed by atoms with van der Waals surface area (Å²) in [6.07, 6.45) is 1.99. The van der Waals surface area contributed by atoms with Gasteiger partial charge in [0.05, 0.1) is 0 Å². The molecule has 0 spiro atoms. The van der Waals surface area contributed by atoms with Crippen molar-refractivity contribution >= 4 is 5.91 Å². The third-order valence-corrected chi connectivity index (χ3v) is 4.87. The highest BCUT2D eigenvalue weighted by molar-refractivity contribution is 5.86. The number of hydrogen-bond donors (Lipinski definition) is 2. The van der Waals surface area contributed by atoms with Crippen LogP contribution in [0.3, 0.4) is 0 Å². The van der Waals surface area contributed by atoms with Gasteiger partial charge in [0.1, 0.15) is 0 Å². The fourth-order valence-corrected chi connectivity index (χ4v) is 3.38. The van der Waals surface area contributed by atoms with E-state index >= 15 is 0 Å². The molecule has 0 aliphatic carbocycles. The van der Waals surface area contributed by atoms with E-state index in [9.17, 15) is 9.90 Å². The van der Waals surface area contributed by atoms with Crippen molar-refractivity contribution in [3.8, 4) is 0 Å². The zero-order valence-electron chi connectivity index (χ0n) is 14.7. The summed E-state index contributed by atoms with van der Waals surface area (Å²) in [4.78, 5) is 15.0. The van der Waals surface area contributed by atoms with Crippen molar-refractivity contribution in [3.63, 3.8) is 0 Å². The Balaban J connectivity index is 1.59. The minimum Gasteiger partial charge on any atom is -0.376 e. The van der Waals surface area contributed by atoms with Crippen LogP contribution in [-0.2, 0) is 16.9 Å². The Hall–Kier alpha value is -2.17. The molecule has 0 bridgehead atoms. The molecule has 2 aromatic carbocycles.